The van der Waals surface area contributed by atoms with Crippen molar-refractivity contribution >= 4 is 40.4 Å². The van der Waals surface area contributed by atoms with Crippen LogP contribution in [0.5, 0.6) is 0 Å². The van der Waals surface area contributed by atoms with Crippen molar-refractivity contribution < 1.29 is 18.8 Å². The first-order valence-corrected chi connectivity index (χ1v) is 10.4. The highest BCUT2D eigenvalue weighted by atomic mass is 35.5. The molecule has 0 bridgehead atoms. The van der Waals surface area contributed by atoms with Gasteiger partial charge in [-0.1, -0.05) is 48.9 Å². The van der Waals surface area contributed by atoms with Gasteiger partial charge in [-0.2, -0.15) is 0 Å². The number of nitrogens with zero attached hydrogens (tertiary/aromatic N) is 1. The predicted molar refractivity (Wildman–Crippen MR) is 116 cm³/mol. The topological polar surface area (TPSA) is 91.7 Å². The molecule has 2 atom stereocenters. The number of hydrogen-bond acceptors (Lipinski definition) is 4. The van der Waals surface area contributed by atoms with Gasteiger partial charge >= 0.3 is 6.03 Å². The summed E-state index contributed by atoms with van der Waals surface area (Å²) in [7, 11) is 0. The summed E-state index contributed by atoms with van der Waals surface area (Å²) in [6, 6.07) is 15.3. The minimum absolute atomic E-state index is 0.257. The van der Waals surface area contributed by atoms with E-state index >= 15 is 0 Å². The average Bonchev–Trinajstić information content (AvgIpc) is 3.29. The van der Waals surface area contributed by atoms with E-state index < -0.39 is 23.4 Å². The molecule has 7 nitrogen and oxygen atoms in total. The normalized spacial score (nSPS) is 19.5. The molecule has 31 heavy (non-hydrogen) atoms. The smallest absolute Gasteiger partial charge is 0.325 e. The van der Waals surface area contributed by atoms with E-state index in [2.05, 4.69) is 10.6 Å². The van der Waals surface area contributed by atoms with Crippen molar-refractivity contribution in [2.45, 2.75) is 31.8 Å². The number of halogens is 1. The number of rotatable bonds is 6. The van der Waals surface area contributed by atoms with Crippen LogP contribution in [0.25, 0.3) is 11.0 Å². The lowest BCUT2D eigenvalue weighted by molar-refractivity contribution is -0.135. The highest BCUT2D eigenvalue weighted by Crippen LogP contribution is 2.33. The number of furan rings is 1. The number of amides is 4. The lowest BCUT2D eigenvalue weighted by Gasteiger charge is -2.21. The molecule has 1 aliphatic heterocycles. The Morgan fingerprint density at radius 3 is 2.58 bits per heavy atom. The first-order chi connectivity index (χ1) is 14.8. The molecule has 2 aromatic carbocycles. The van der Waals surface area contributed by atoms with Crippen molar-refractivity contribution in [3.63, 3.8) is 0 Å². The van der Waals surface area contributed by atoms with Crippen LogP contribution >= 0.6 is 11.6 Å². The monoisotopic (exact) mass is 439 g/mol. The van der Waals surface area contributed by atoms with Gasteiger partial charge in [-0.25, -0.2) is 4.79 Å². The second-order valence-corrected chi connectivity index (χ2v) is 8.11. The van der Waals surface area contributed by atoms with Crippen molar-refractivity contribution in [1.82, 2.24) is 15.5 Å². The molecule has 4 amide bonds. The SMILES string of the molecule is CCC(NC(=O)CN1C(=O)NC(C)(c2cc3ccccc3o2)C1=O)c1ccc(Cl)cc1. The molecule has 3 aromatic rings. The lowest BCUT2D eigenvalue weighted by atomic mass is 9.99. The fraction of sp³-hybridized carbons (Fsp3) is 0.261. The van der Waals surface area contributed by atoms with Crippen LogP contribution < -0.4 is 10.6 Å². The Bertz CT molecular complexity index is 1120. The molecular weight excluding hydrogens is 418 g/mol. The van der Waals surface area contributed by atoms with Crippen molar-refractivity contribution in [2.75, 3.05) is 6.54 Å². The van der Waals surface area contributed by atoms with E-state index in [9.17, 15) is 14.4 Å². The summed E-state index contributed by atoms with van der Waals surface area (Å²) >= 11 is 5.93. The molecule has 2 unspecified atom stereocenters. The number of fused-ring (bicyclic) bond motifs is 1. The number of hydrogen-bond donors (Lipinski definition) is 2. The zero-order valence-electron chi connectivity index (χ0n) is 17.1. The molecule has 1 aliphatic rings. The molecule has 0 radical (unpaired) electrons. The molecule has 1 fully saturated rings. The molecule has 2 heterocycles. The van der Waals surface area contributed by atoms with Gasteiger partial charge in [-0.3, -0.25) is 14.5 Å². The maximum Gasteiger partial charge on any atom is 0.325 e. The average molecular weight is 440 g/mol. The lowest BCUT2D eigenvalue weighted by Crippen LogP contribution is -2.43. The Kier molecular flexibility index (Phi) is 5.45. The van der Waals surface area contributed by atoms with Crippen LogP contribution in [0.3, 0.4) is 0 Å². The zero-order valence-corrected chi connectivity index (χ0v) is 17.9. The molecule has 1 saturated heterocycles. The van der Waals surface area contributed by atoms with Crippen molar-refractivity contribution in [2.24, 2.45) is 0 Å². The molecule has 1 aromatic heterocycles. The van der Waals surface area contributed by atoms with Gasteiger partial charge in [0, 0.05) is 10.4 Å². The van der Waals surface area contributed by atoms with Gasteiger partial charge in [0.25, 0.3) is 5.91 Å². The van der Waals surface area contributed by atoms with Crippen molar-refractivity contribution in [3.8, 4) is 0 Å². The summed E-state index contributed by atoms with van der Waals surface area (Å²) in [5, 5.41) is 6.98. The third-order valence-electron chi connectivity index (χ3n) is 5.51. The highest BCUT2D eigenvalue weighted by Gasteiger charge is 2.51. The van der Waals surface area contributed by atoms with Crippen LogP contribution in [0.1, 0.15) is 37.6 Å². The van der Waals surface area contributed by atoms with E-state index in [4.69, 9.17) is 16.0 Å². The third kappa shape index (κ3) is 3.88. The van der Waals surface area contributed by atoms with Gasteiger partial charge in [0.1, 0.15) is 17.9 Å². The Hall–Kier alpha value is -3.32. The summed E-state index contributed by atoms with van der Waals surface area (Å²) in [5.74, 6) is -0.645. The largest absolute Gasteiger partial charge is 0.458 e. The maximum atomic E-state index is 13.1. The van der Waals surface area contributed by atoms with Gasteiger partial charge < -0.3 is 15.1 Å². The number of imide groups is 1. The zero-order chi connectivity index (χ0) is 22.2. The standard InChI is InChI=1S/C23H22ClN3O4/c1-3-17(14-8-10-16(24)11-9-14)25-20(28)13-27-21(29)23(2,26-22(27)30)19-12-15-6-4-5-7-18(15)31-19/h4-12,17H,3,13H2,1-2H3,(H,25,28)(H,26,30). The molecule has 4 rings (SSSR count). The second kappa shape index (κ2) is 8.07. The summed E-state index contributed by atoms with van der Waals surface area (Å²) in [6.45, 7) is 3.13. The van der Waals surface area contributed by atoms with Crippen LogP contribution in [0.2, 0.25) is 5.02 Å². The summed E-state index contributed by atoms with van der Waals surface area (Å²) in [6.07, 6.45) is 0.643. The van der Waals surface area contributed by atoms with E-state index in [1.807, 2.05) is 37.3 Å². The Morgan fingerprint density at radius 1 is 1.19 bits per heavy atom. The summed E-state index contributed by atoms with van der Waals surface area (Å²) in [5.41, 5.74) is 0.131. The van der Waals surface area contributed by atoms with Crippen molar-refractivity contribution in [3.05, 3.63) is 70.9 Å². The number of carbonyl (C=O) groups excluding carboxylic acids is 3. The van der Waals surface area contributed by atoms with Crippen molar-refractivity contribution in [1.29, 1.82) is 0 Å². The predicted octanol–water partition coefficient (Wildman–Crippen LogP) is 4.12. The molecule has 0 aliphatic carbocycles. The molecule has 8 heteroatoms. The second-order valence-electron chi connectivity index (χ2n) is 7.67. The Labute approximate surface area is 184 Å². The van der Waals surface area contributed by atoms with E-state index in [0.717, 1.165) is 15.8 Å². The molecule has 160 valence electrons. The van der Waals surface area contributed by atoms with E-state index in [-0.39, 0.29) is 12.6 Å². The van der Waals surface area contributed by atoms with E-state index in [0.29, 0.717) is 22.8 Å². The quantitative estimate of drug-likeness (QED) is 0.565. The Balaban J connectivity index is 1.49. The van der Waals surface area contributed by atoms with Crippen LogP contribution in [0, 0.1) is 0 Å². The number of urea groups is 1. The van der Waals surface area contributed by atoms with Gasteiger partial charge in [0.2, 0.25) is 5.91 Å². The highest BCUT2D eigenvalue weighted by molar-refractivity contribution is 6.30. The van der Waals surface area contributed by atoms with Gasteiger partial charge in [-0.15, -0.1) is 0 Å². The van der Waals surface area contributed by atoms with Gasteiger partial charge in [-0.05, 0) is 43.2 Å². The molecule has 2 N–H and O–H groups in total. The molecular formula is C23H22ClN3O4. The fourth-order valence-corrected chi connectivity index (χ4v) is 3.86. The first kappa shape index (κ1) is 20.9. The summed E-state index contributed by atoms with van der Waals surface area (Å²) < 4.78 is 5.80. The molecule has 0 saturated carbocycles. The minimum atomic E-state index is -1.38. The van der Waals surface area contributed by atoms with Crippen LogP contribution in [-0.4, -0.2) is 29.3 Å². The number of para-hydroxylation sites is 1. The summed E-state index contributed by atoms with van der Waals surface area (Å²) in [4.78, 5) is 39.2. The van der Waals surface area contributed by atoms with Crippen LogP contribution in [0.4, 0.5) is 4.79 Å². The van der Waals surface area contributed by atoms with E-state index in [1.165, 1.54) is 0 Å². The van der Waals surface area contributed by atoms with Gasteiger partial charge in [0.15, 0.2) is 5.54 Å². The van der Waals surface area contributed by atoms with Crippen LogP contribution in [0.15, 0.2) is 59.0 Å². The molecule has 0 spiro atoms. The number of benzene rings is 2. The third-order valence-corrected chi connectivity index (χ3v) is 5.76. The van der Waals surface area contributed by atoms with E-state index in [1.54, 1.807) is 31.2 Å². The maximum absolute atomic E-state index is 13.1. The number of carbonyl (C=O) groups is 3. The fourth-order valence-electron chi connectivity index (χ4n) is 3.74. The van der Waals surface area contributed by atoms with Gasteiger partial charge in [0.05, 0.1) is 6.04 Å². The Morgan fingerprint density at radius 2 is 1.90 bits per heavy atom. The number of nitrogens with one attached hydrogen (secondary N) is 2. The minimum Gasteiger partial charge on any atom is -0.458 e. The van der Waals surface area contributed by atoms with Crippen LogP contribution in [-0.2, 0) is 15.1 Å². The first-order valence-electron chi connectivity index (χ1n) is 10.00.